The fourth-order valence-electron chi connectivity index (χ4n) is 0.441. The molecule has 0 atom stereocenters. The Morgan fingerprint density at radius 2 is 2.00 bits per heavy atom. The van der Waals surface area contributed by atoms with Gasteiger partial charge in [-0.3, -0.25) is 0 Å². The Balaban J connectivity index is 2.88. The second kappa shape index (κ2) is 2.95. The maximum Gasteiger partial charge on any atom is 0.222 e. The number of rotatable bonds is 1. The summed E-state index contributed by atoms with van der Waals surface area (Å²) in [4.78, 5) is 7.93. The van der Waals surface area contributed by atoms with Crippen molar-refractivity contribution in [2.75, 3.05) is 12.4 Å². The summed E-state index contributed by atoms with van der Waals surface area (Å²) in [5.74, 6) is 0.662. The van der Waals surface area contributed by atoms with Gasteiger partial charge in [0.25, 0.3) is 0 Å². The van der Waals surface area contributed by atoms with Crippen molar-refractivity contribution >= 4 is 28.5 Å². The average Bonchev–Trinajstić information content (AvgIpc) is 1.90. The molecule has 1 heterocycles. The van der Waals surface area contributed by atoms with Gasteiger partial charge in [-0.15, -0.1) is 0 Å². The van der Waals surface area contributed by atoms with E-state index in [2.05, 4.69) is 37.9 Å². The molecule has 0 aliphatic rings. The molecule has 0 unspecified atom stereocenters. The largest absolute Gasteiger partial charge is 0.357 e. The lowest BCUT2D eigenvalue weighted by Crippen LogP contribution is -1.94. The van der Waals surface area contributed by atoms with E-state index in [9.17, 15) is 0 Å². The van der Waals surface area contributed by atoms with Crippen LogP contribution in [0, 0.1) is 3.57 Å². The Labute approximate surface area is 67.0 Å². The molecule has 0 aliphatic heterocycles. The van der Waals surface area contributed by atoms with Gasteiger partial charge in [0.05, 0.1) is 0 Å². The van der Waals surface area contributed by atoms with Crippen LogP contribution in [0.4, 0.5) is 5.95 Å². The van der Waals surface area contributed by atoms with E-state index in [0.717, 1.165) is 3.57 Å². The summed E-state index contributed by atoms with van der Waals surface area (Å²) in [6, 6.07) is 0. The molecule has 48 valence electrons. The fourth-order valence-corrected chi connectivity index (χ4v) is 0.720. The van der Waals surface area contributed by atoms with Gasteiger partial charge in [-0.2, -0.15) is 0 Å². The van der Waals surface area contributed by atoms with Crippen LogP contribution in [0.25, 0.3) is 0 Å². The van der Waals surface area contributed by atoms with E-state index in [-0.39, 0.29) is 0 Å². The van der Waals surface area contributed by atoms with Gasteiger partial charge in [-0.05, 0) is 22.6 Å². The van der Waals surface area contributed by atoms with Crippen molar-refractivity contribution in [2.24, 2.45) is 0 Å². The lowest BCUT2D eigenvalue weighted by atomic mass is 10.7. The maximum atomic E-state index is 3.97. The predicted molar refractivity (Wildman–Crippen MR) is 44.3 cm³/mol. The molecule has 0 saturated carbocycles. The highest BCUT2D eigenvalue weighted by Gasteiger charge is 1.88. The normalized spacial score (nSPS) is 9.11. The zero-order valence-corrected chi connectivity index (χ0v) is 7.08. The van der Waals surface area contributed by atoms with Gasteiger partial charge in [0.2, 0.25) is 5.95 Å². The van der Waals surface area contributed by atoms with Crippen molar-refractivity contribution < 1.29 is 0 Å². The fraction of sp³-hybridized carbons (Fsp3) is 0.200. The molecule has 1 N–H and O–H groups in total. The van der Waals surface area contributed by atoms with E-state index in [1.54, 1.807) is 19.4 Å². The van der Waals surface area contributed by atoms with Gasteiger partial charge >= 0.3 is 0 Å². The molecule has 0 amide bonds. The summed E-state index contributed by atoms with van der Waals surface area (Å²) in [5.41, 5.74) is 0. The summed E-state index contributed by atoms with van der Waals surface area (Å²) >= 11 is 2.16. The molecule has 0 aliphatic carbocycles. The van der Waals surface area contributed by atoms with Crippen molar-refractivity contribution in [3.05, 3.63) is 16.0 Å². The van der Waals surface area contributed by atoms with Gasteiger partial charge in [0.15, 0.2) is 0 Å². The standard InChI is InChI=1S/C5H6IN3/c1-7-5-8-2-4(6)3-9-5/h2-3H,1H3,(H,7,8,9). The van der Waals surface area contributed by atoms with Crippen molar-refractivity contribution in [1.29, 1.82) is 0 Å². The van der Waals surface area contributed by atoms with E-state index in [1.165, 1.54) is 0 Å². The molecule has 9 heavy (non-hydrogen) atoms. The van der Waals surface area contributed by atoms with E-state index in [0.29, 0.717) is 5.95 Å². The average molecular weight is 235 g/mol. The van der Waals surface area contributed by atoms with Crippen LogP contribution >= 0.6 is 22.6 Å². The zero-order chi connectivity index (χ0) is 6.69. The first kappa shape index (κ1) is 6.73. The van der Waals surface area contributed by atoms with Gasteiger partial charge in [-0.1, -0.05) is 0 Å². The highest BCUT2D eigenvalue weighted by molar-refractivity contribution is 14.1. The van der Waals surface area contributed by atoms with Crippen LogP contribution in [0.5, 0.6) is 0 Å². The Morgan fingerprint density at radius 1 is 1.44 bits per heavy atom. The van der Waals surface area contributed by atoms with Crippen LogP contribution in [0.1, 0.15) is 0 Å². The minimum absolute atomic E-state index is 0.662. The SMILES string of the molecule is CNc1ncc(I)cn1. The van der Waals surface area contributed by atoms with E-state index in [1.807, 2.05) is 0 Å². The molecule has 0 saturated heterocycles. The van der Waals surface area contributed by atoms with Crippen LogP contribution in [-0.2, 0) is 0 Å². The Bertz CT molecular complexity index is 184. The topological polar surface area (TPSA) is 37.8 Å². The highest BCUT2D eigenvalue weighted by Crippen LogP contribution is 2.00. The van der Waals surface area contributed by atoms with Crippen LogP contribution in [0.15, 0.2) is 12.4 Å². The third-order valence-corrected chi connectivity index (χ3v) is 1.40. The molecule has 1 aromatic rings. The van der Waals surface area contributed by atoms with Crippen LogP contribution in [-0.4, -0.2) is 17.0 Å². The van der Waals surface area contributed by atoms with E-state index in [4.69, 9.17) is 0 Å². The first-order chi connectivity index (χ1) is 4.33. The van der Waals surface area contributed by atoms with Crippen LogP contribution in [0.2, 0.25) is 0 Å². The first-order valence-corrected chi connectivity index (χ1v) is 3.56. The summed E-state index contributed by atoms with van der Waals surface area (Å²) < 4.78 is 1.05. The number of halogens is 1. The van der Waals surface area contributed by atoms with Crippen LogP contribution in [0.3, 0.4) is 0 Å². The second-order valence-corrected chi connectivity index (χ2v) is 2.72. The molecular weight excluding hydrogens is 229 g/mol. The Morgan fingerprint density at radius 3 is 2.44 bits per heavy atom. The number of nitrogens with zero attached hydrogens (tertiary/aromatic N) is 2. The maximum absolute atomic E-state index is 3.97. The lowest BCUT2D eigenvalue weighted by molar-refractivity contribution is 1.14. The molecule has 0 aromatic carbocycles. The smallest absolute Gasteiger partial charge is 0.222 e. The zero-order valence-electron chi connectivity index (χ0n) is 4.93. The molecule has 0 fully saturated rings. The quantitative estimate of drug-likeness (QED) is 0.741. The summed E-state index contributed by atoms with van der Waals surface area (Å²) in [7, 11) is 1.79. The predicted octanol–water partition coefficient (Wildman–Crippen LogP) is 1.12. The third kappa shape index (κ3) is 1.78. The third-order valence-electron chi connectivity index (χ3n) is 0.844. The highest BCUT2D eigenvalue weighted by atomic mass is 127. The summed E-state index contributed by atoms with van der Waals surface area (Å²) in [5, 5.41) is 2.83. The van der Waals surface area contributed by atoms with Crippen molar-refractivity contribution in [3.8, 4) is 0 Å². The van der Waals surface area contributed by atoms with Gasteiger partial charge in [-0.25, -0.2) is 9.97 Å². The number of anilines is 1. The molecule has 0 bridgehead atoms. The summed E-state index contributed by atoms with van der Waals surface area (Å²) in [6.45, 7) is 0. The number of hydrogen-bond acceptors (Lipinski definition) is 3. The molecular formula is C5H6IN3. The second-order valence-electron chi connectivity index (χ2n) is 1.47. The molecule has 3 nitrogen and oxygen atoms in total. The van der Waals surface area contributed by atoms with Crippen molar-refractivity contribution in [3.63, 3.8) is 0 Å². The van der Waals surface area contributed by atoms with Crippen molar-refractivity contribution in [1.82, 2.24) is 9.97 Å². The number of aromatic nitrogens is 2. The lowest BCUT2D eigenvalue weighted by Gasteiger charge is -1.94. The van der Waals surface area contributed by atoms with Gasteiger partial charge in [0.1, 0.15) is 0 Å². The molecule has 1 aromatic heterocycles. The van der Waals surface area contributed by atoms with Crippen molar-refractivity contribution in [2.45, 2.75) is 0 Å². The number of nitrogens with one attached hydrogen (secondary N) is 1. The first-order valence-electron chi connectivity index (χ1n) is 2.48. The summed E-state index contributed by atoms with van der Waals surface area (Å²) in [6.07, 6.45) is 3.53. The Kier molecular flexibility index (Phi) is 2.21. The number of hydrogen-bond donors (Lipinski definition) is 1. The molecule has 0 radical (unpaired) electrons. The van der Waals surface area contributed by atoms with E-state index < -0.39 is 0 Å². The van der Waals surface area contributed by atoms with Crippen LogP contribution < -0.4 is 5.32 Å². The Hall–Kier alpha value is -0.390. The molecule has 4 heteroatoms. The minimum Gasteiger partial charge on any atom is -0.357 e. The molecule has 1 rings (SSSR count). The minimum atomic E-state index is 0.662. The monoisotopic (exact) mass is 235 g/mol. The van der Waals surface area contributed by atoms with Gasteiger partial charge in [0, 0.05) is 23.0 Å². The molecule has 0 spiro atoms. The van der Waals surface area contributed by atoms with Gasteiger partial charge < -0.3 is 5.32 Å². The van der Waals surface area contributed by atoms with E-state index >= 15 is 0 Å².